The van der Waals surface area contributed by atoms with Crippen LogP contribution < -0.4 is 0 Å². The number of carbonyl (C=O) groups excluding carboxylic acids is 1. The van der Waals surface area contributed by atoms with Gasteiger partial charge in [0, 0.05) is 25.0 Å². The van der Waals surface area contributed by atoms with E-state index in [1.54, 1.807) is 23.4 Å². The first-order valence-corrected chi connectivity index (χ1v) is 9.72. The molecule has 116 valence electrons. The fourth-order valence-electron chi connectivity index (χ4n) is 2.34. The number of amides is 1. The lowest BCUT2D eigenvalue weighted by atomic mass is 10.2. The van der Waals surface area contributed by atoms with Crippen molar-refractivity contribution in [3.63, 3.8) is 0 Å². The number of sulfone groups is 1. The summed E-state index contributed by atoms with van der Waals surface area (Å²) in [7, 11) is -2.98. The van der Waals surface area contributed by atoms with Crippen LogP contribution in [0, 0.1) is 0 Å². The van der Waals surface area contributed by atoms with Gasteiger partial charge in [-0.15, -0.1) is 0 Å². The van der Waals surface area contributed by atoms with Crippen molar-refractivity contribution in [2.24, 2.45) is 0 Å². The number of carbonyl (C=O) groups is 1. The van der Waals surface area contributed by atoms with Crippen molar-refractivity contribution in [3.8, 4) is 0 Å². The zero-order valence-electron chi connectivity index (χ0n) is 11.9. The van der Waals surface area contributed by atoms with E-state index < -0.39 is 9.84 Å². The molecule has 0 unspecified atom stereocenters. The van der Waals surface area contributed by atoms with Gasteiger partial charge in [-0.1, -0.05) is 18.7 Å². The minimum Gasteiger partial charge on any atom is -0.338 e. The molecule has 1 amide bonds. The zero-order valence-corrected chi connectivity index (χ0v) is 13.6. The van der Waals surface area contributed by atoms with Crippen LogP contribution >= 0.6 is 11.8 Å². The summed E-state index contributed by atoms with van der Waals surface area (Å²) in [6, 6.07) is 1.54. The average Bonchev–Trinajstić information content (AvgIpc) is 2.83. The number of hydrogen-bond donors (Lipinski definition) is 0. The highest BCUT2D eigenvalue weighted by Gasteiger charge is 2.34. The minimum absolute atomic E-state index is 0.0450. The maximum atomic E-state index is 12.4. The maximum absolute atomic E-state index is 12.4. The van der Waals surface area contributed by atoms with Gasteiger partial charge in [-0.05, 0) is 18.9 Å². The van der Waals surface area contributed by atoms with Crippen LogP contribution in [-0.2, 0) is 14.6 Å². The molecule has 1 aromatic heterocycles. The molecule has 1 fully saturated rings. The molecule has 0 aliphatic carbocycles. The molecule has 0 saturated carbocycles. The second-order valence-corrected chi connectivity index (χ2v) is 8.14. The van der Waals surface area contributed by atoms with E-state index in [1.807, 2.05) is 6.92 Å². The molecule has 6 nitrogen and oxygen atoms in total. The van der Waals surface area contributed by atoms with Crippen molar-refractivity contribution in [2.75, 3.05) is 23.8 Å². The third-order valence-electron chi connectivity index (χ3n) is 3.30. The van der Waals surface area contributed by atoms with Gasteiger partial charge in [0.1, 0.15) is 0 Å². The summed E-state index contributed by atoms with van der Waals surface area (Å²) in [5.41, 5.74) is 0. The molecular formula is C13H19N3O3S2. The van der Waals surface area contributed by atoms with Gasteiger partial charge in [0.25, 0.3) is 0 Å². The molecule has 2 rings (SSSR count). The van der Waals surface area contributed by atoms with Gasteiger partial charge < -0.3 is 4.90 Å². The quantitative estimate of drug-likeness (QED) is 0.572. The van der Waals surface area contributed by atoms with E-state index in [0.29, 0.717) is 18.1 Å². The zero-order chi connectivity index (χ0) is 15.3. The first kappa shape index (κ1) is 16.2. The summed E-state index contributed by atoms with van der Waals surface area (Å²) in [5.74, 6) is 0.461. The van der Waals surface area contributed by atoms with Crippen LogP contribution in [0.15, 0.2) is 23.6 Å². The van der Waals surface area contributed by atoms with Gasteiger partial charge in [-0.3, -0.25) is 4.79 Å². The van der Waals surface area contributed by atoms with Crippen LogP contribution in [0.3, 0.4) is 0 Å². The normalized spacial score (nSPS) is 20.3. The fraction of sp³-hybridized carbons (Fsp3) is 0.615. The van der Waals surface area contributed by atoms with Crippen LogP contribution in [0.4, 0.5) is 0 Å². The Morgan fingerprint density at radius 3 is 2.71 bits per heavy atom. The van der Waals surface area contributed by atoms with Crippen molar-refractivity contribution in [2.45, 2.75) is 31.0 Å². The molecule has 1 aliphatic heterocycles. The standard InChI is InChI=1S/C13H19N3O3S2/c1-2-7-16(11-4-8-21(18,19)10-11)12(17)9-20-13-14-5-3-6-15-13/h3,5-6,11H,2,4,7-10H2,1H3/t11-/m0/s1. The van der Waals surface area contributed by atoms with Crippen LogP contribution in [0.5, 0.6) is 0 Å². The molecule has 1 aromatic rings. The Labute approximate surface area is 129 Å². The van der Waals surface area contributed by atoms with Gasteiger partial charge in [0.05, 0.1) is 17.3 Å². The second kappa shape index (κ2) is 7.22. The number of rotatable bonds is 6. The van der Waals surface area contributed by atoms with Crippen molar-refractivity contribution < 1.29 is 13.2 Å². The van der Waals surface area contributed by atoms with E-state index in [4.69, 9.17) is 0 Å². The third kappa shape index (κ3) is 4.67. The first-order valence-electron chi connectivity index (χ1n) is 6.91. The predicted octanol–water partition coefficient (Wildman–Crippen LogP) is 0.994. The van der Waals surface area contributed by atoms with Gasteiger partial charge in [-0.2, -0.15) is 0 Å². The lowest BCUT2D eigenvalue weighted by Crippen LogP contribution is -2.42. The Hall–Kier alpha value is -1.15. The molecular weight excluding hydrogens is 310 g/mol. The monoisotopic (exact) mass is 329 g/mol. The summed E-state index contributed by atoms with van der Waals surface area (Å²) in [4.78, 5) is 22.2. The van der Waals surface area contributed by atoms with E-state index in [0.717, 1.165) is 6.42 Å². The topological polar surface area (TPSA) is 80.2 Å². The number of nitrogens with zero attached hydrogens (tertiary/aromatic N) is 3. The number of hydrogen-bond acceptors (Lipinski definition) is 6. The SMILES string of the molecule is CCCN(C(=O)CSc1ncccn1)[C@H]1CCS(=O)(=O)C1. The summed E-state index contributed by atoms with van der Waals surface area (Å²) in [6.45, 7) is 2.58. The number of aromatic nitrogens is 2. The predicted molar refractivity (Wildman–Crippen MR) is 81.8 cm³/mol. The maximum Gasteiger partial charge on any atom is 0.233 e. The Kier molecular flexibility index (Phi) is 5.58. The van der Waals surface area contributed by atoms with E-state index in [9.17, 15) is 13.2 Å². The third-order valence-corrected chi connectivity index (χ3v) is 5.91. The molecule has 0 bridgehead atoms. The molecule has 2 heterocycles. The lowest BCUT2D eigenvalue weighted by molar-refractivity contribution is -0.130. The Bertz CT molecular complexity index is 578. The summed E-state index contributed by atoms with van der Waals surface area (Å²) >= 11 is 1.28. The Balaban J connectivity index is 1.96. The molecule has 1 saturated heterocycles. The Morgan fingerprint density at radius 2 is 2.14 bits per heavy atom. The Morgan fingerprint density at radius 1 is 1.43 bits per heavy atom. The van der Waals surface area contributed by atoms with E-state index in [-0.39, 0.29) is 29.2 Å². The molecule has 0 spiro atoms. The van der Waals surface area contributed by atoms with Crippen LogP contribution in [0.2, 0.25) is 0 Å². The number of thioether (sulfide) groups is 1. The van der Waals surface area contributed by atoms with Gasteiger partial charge in [-0.25, -0.2) is 18.4 Å². The minimum atomic E-state index is -2.98. The van der Waals surface area contributed by atoms with Crippen molar-refractivity contribution in [1.82, 2.24) is 14.9 Å². The summed E-state index contributed by atoms with van der Waals surface area (Å²) < 4.78 is 23.2. The second-order valence-electron chi connectivity index (χ2n) is 4.96. The van der Waals surface area contributed by atoms with E-state index >= 15 is 0 Å². The lowest BCUT2D eigenvalue weighted by Gasteiger charge is -2.27. The average molecular weight is 329 g/mol. The van der Waals surface area contributed by atoms with Crippen molar-refractivity contribution in [1.29, 1.82) is 0 Å². The molecule has 8 heteroatoms. The van der Waals surface area contributed by atoms with Gasteiger partial charge in [0.2, 0.25) is 5.91 Å². The largest absolute Gasteiger partial charge is 0.338 e. The first-order chi connectivity index (χ1) is 10.0. The molecule has 0 radical (unpaired) electrons. The molecule has 21 heavy (non-hydrogen) atoms. The van der Waals surface area contributed by atoms with Gasteiger partial charge >= 0.3 is 0 Å². The van der Waals surface area contributed by atoms with Gasteiger partial charge in [0.15, 0.2) is 15.0 Å². The van der Waals surface area contributed by atoms with Crippen LogP contribution in [-0.4, -0.2) is 59.0 Å². The molecule has 1 aliphatic rings. The van der Waals surface area contributed by atoms with Crippen LogP contribution in [0.1, 0.15) is 19.8 Å². The van der Waals surface area contributed by atoms with E-state index in [2.05, 4.69) is 9.97 Å². The van der Waals surface area contributed by atoms with Crippen molar-refractivity contribution in [3.05, 3.63) is 18.5 Å². The molecule has 0 aromatic carbocycles. The summed E-state index contributed by atoms with van der Waals surface area (Å²) in [6.07, 6.45) is 4.62. The highest BCUT2D eigenvalue weighted by molar-refractivity contribution is 7.99. The molecule has 0 N–H and O–H groups in total. The summed E-state index contributed by atoms with van der Waals surface area (Å²) in [5, 5.41) is 0.557. The van der Waals surface area contributed by atoms with Crippen LogP contribution in [0.25, 0.3) is 0 Å². The fourth-order valence-corrected chi connectivity index (χ4v) is 4.76. The molecule has 1 atom stereocenters. The van der Waals surface area contributed by atoms with Crippen molar-refractivity contribution >= 4 is 27.5 Å². The highest BCUT2D eigenvalue weighted by Crippen LogP contribution is 2.20. The smallest absolute Gasteiger partial charge is 0.233 e. The van der Waals surface area contributed by atoms with E-state index in [1.165, 1.54) is 11.8 Å². The highest BCUT2D eigenvalue weighted by atomic mass is 32.2.